The Kier molecular flexibility index (Phi) is 21.9. The molecule has 0 atom stereocenters. The molecule has 0 aliphatic carbocycles. The molecular formula is C7H18S. The van der Waals surface area contributed by atoms with Gasteiger partial charge in [0.1, 0.15) is 0 Å². The van der Waals surface area contributed by atoms with Crippen molar-refractivity contribution in [2.75, 3.05) is 12.5 Å². The van der Waals surface area contributed by atoms with E-state index in [2.05, 4.69) is 13.8 Å². The first-order valence-electron chi connectivity index (χ1n) is 3.23. The second-order valence-corrected chi connectivity index (χ2v) is 2.58. The van der Waals surface area contributed by atoms with Gasteiger partial charge in [0.15, 0.2) is 0 Å². The number of hydrogen-bond acceptors (Lipinski definition) is 1. The molecule has 1 heteroatoms. The summed E-state index contributed by atoms with van der Waals surface area (Å²) in [5.41, 5.74) is 0. The first kappa shape index (κ1) is 11.2. The van der Waals surface area contributed by atoms with E-state index in [1.165, 1.54) is 19.3 Å². The van der Waals surface area contributed by atoms with Gasteiger partial charge in [-0.15, -0.1) is 0 Å². The molecule has 0 heterocycles. The summed E-state index contributed by atoms with van der Waals surface area (Å²) in [7, 11) is 0. The number of unbranched alkanes of at least 4 members (excludes halogenated alkanes) is 2. The molecule has 0 fully saturated rings. The highest BCUT2D eigenvalue weighted by molar-refractivity contribution is 7.97. The second kappa shape index (κ2) is 15.7. The number of rotatable bonds is 2. The molecule has 8 heavy (non-hydrogen) atoms. The van der Waals surface area contributed by atoms with Gasteiger partial charge in [-0.25, -0.2) is 0 Å². The Morgan fingerprint density at radius 1 is 1.00 bits per heavy atom. The van der Waals surface area contributed by atoms with Crippen LogP contribution < -0.4 is 0 Å². The van der Waals surface area contributed by atoms with E-state index in [0.717, 1.165) is 0 Å². The van der Waals surface area contributed by atoms with Gasteiger partial charge in [0.2, 0.25) is 0 Å². The van der Waals surface area contributed by atoms with Crippen molar-refractivity contribution < 1.29 is 0 Å². The van der Waals surface area contributed by atoms with E-state index < -0.39 is 0 Å². The van der Waals surface area contributed by atoms with Gasteiger partial charge in [0.25, 0.3) is 0 Å². The fraction of sp³-hybridized carbons (Fsp3) is 1.00. The molecule has 0 unspecified atom stereocenters. The molecule has 0 spiro atoms. The highest BCUT2D eigenvalue weighted by Gasteiger charge is 1.68. The highest BCUT2D eigenvalue weighted by Crippen LogP contribution is 1.88. The van der Waals surface area contributed by atoms with E-state index in [-0.39, 0.29) is 0 Å². The Hall–Kier alpha value is 0.350. The van der Waals surface area contributed by atoms with Crippen LogP contribution in [0.1, 0.15) is 33.1 Å². The molecule has 0 saturated carbocycles. The zero-order valence-electron chi connectivity index (χ0n) is 6.53. The Morgan fingerprint density at radius 3 is 1.25 bits per heavy atom. The second-order valence-electron chi connectivity index (χ2n) is 1.76. The Labute approximate surface area is 58.1 Å². The molecule has 0 saturated heterocycles. The van der Waals surface area contributed by atoms with Crippen molar-refractivity contribution in [2.24, 2.45) is 0 Å². The monoisotopic (exact) mass is 134 g/mol. The third kappa shape index (κ3) is 32.9. The van der Waals surface area contributed by atoms with Crippen LogP contribution in [0.3, 0.4) is 0 Å². The molecule has 0 nitrogen and oxygen atoms in total. The smallest absolute Gasteiger partial charge is 0.0187 e. The molecule has 0 aliphatic heterocycles. The molecular weight excluding hydrogens is 116 g/mol. The van der Waals surface area contributed by atoms with Crippen molar-refractivity contribution in [1.29, 1.82) is 0 Å². The molecule has 0 aromatic heterocycles. The van der Waals surface area contributed by atoms with Crippen LogP contribution >= 0.6 is 11.8 Å². The minimum atomic E-state index is 1.34. The minimum Gasteiger partial charge on any atom is -0.169 e. The summed E-state index contributed by atoms with van der Waals surface area (Å²) in [4.78, 5) is 0. The maximum atomic E-state index is 2.21. The predicted molar refractivity (Wildman–Crippen MR) is 44.6 cm³/mol. The van der Waals surface area contributed by atoms with Gasteiger partial charge >= 0.3 is 0 Å². The van der Waals surface area contributed by atoms with Crippen molar-refractivity contribution in [2.45, 2.75) is 33.1 Å². The van der Waals surface area contributed by atoms with Gasteiger partial charge in [-0.1, -0.05) is 33.1 Å². The summed E-state index contributed by atoms with van der Waals surface area (Å²) in [5, 5.41) is 0. The van der Waals surface area contributed by atoms with Gasteiger partial charge in [-0.3, -0.25) is 0 Å². The van der Waals surface area contributed by atoms with E-state index in [1.807, 2.05) is 12.5 Å². The largest absolute Gasteiger partial charge is 0.169 e. The van der Waals surface area contributed by atoms with E-state index >= 15 is 0 Å². The summed E-state index contributed by atoms with van der Waals surface area (Å²) in [5.74, 6) is 0. The first-order valence-corrected chi connectivity index (χ1v) is 4.86. The van der Waals surface area contributed by atoms with Gasteiger partial charge < -0.3 is 0 Å². The summed E-state index contributed by atoms with van der Waals surface area (Å²) in [6, 6.07) is 0. The zero-order valence-corrected chi connectivity index (χ0v) is 7.35. The summed E-state index contributed by atoms with van der Waals surface area (Å²) in [6.45, 7) is 4.42. The fourth-order valence-corrected chi connectivity index (χ4v) is 0.354. The SMILES string of the molecule is CCCCC.CSC. The third-order valence-corrected chi connectivity index (χ3v) is 0.707. The average Bonchev–Trinajstić information content (AvgIpc) is 1.71. The lowest BCUT2D eigenvalue weighted by Crippen LogP contribution is -1.59. The standard InChI is InChI=1S/C5H12.C2H6S/c1-3-5-4-2;1-3-2/h3-5H2,1-2H3;1-2H3. The molecule has 0 radical (unpaired) electrons. The van der Waals surface area contributed by atoms with Crippen LogP contribution in [0.4, 0.5) is 0 Å². The van der Waals surface area contributed by atoms with Crippen LogP contribution in [-0.2, 0) is 0 Å². The normalized spacial score (nSPS) is 7.50. The van der Waals surface area contributed by atoms with Crippen molar-refractivity contribution in [1.82, 2.24) is 0 Å². The number of hydrogen-bond donors (Lipinski definition) is 0. The number of thioether (sulfide) groups is 1. The summed E-state index contributed by atoms with van der Waals surface area (Å²) in [6.07, 6.45) is 8.16. The fourth-order valence-electron chi connectivity index (χ4n) is 0.354. The van der Waals surface area contributed by atoms with Crippen molar-refractivity contribution in [3.05, 3.63) is 0 Å². The van der Waals surface area contributed by atoms with Crippen LogP contribution in [0.2, 0.25) is 0 Å². The van der Waals surface area contributed by atoms with E-state index in [0.29, 0.717) is 0 Å². The van der Waals surface area contributed by atoms with E-state index in [1.54, 1.807) is 11.8 Å². The van der Waals surface area contributed by atoms with Gasteiger partial charge in [0, 0.05) is 0 Å². The van der Waals surface area contributed by atoms with Crippen LogP contribution in [0, 0.1) is 0 Å². The minimum absolute atomic E-state index is 1.34. The van der Waals surface area contributed by atoms with Crippen LogP contribution in [0.5, 0.6) is 0 Å². The van der Waals surface area contributed by atoms with E-state index in [9.17, 15) is 0 Å². The molecule has 0 aliphatic rings. The summed E-state index contributed by atoms with van der Waals surface area (Å²) >= 11 is 1.75. The van der Waals surface area contributed by atoms with Crippen molar-refractivity contribution in [3.8, 4) is 0 Å². The van der Waals surface area contributed by atoms with Crippen molar-refractivity contribution in [3.63, 3.8) is 0 Å². The summed E-state index contributed by atoms with van der Waals surface area (Å²) < 4.78 is 0. The lowest BCUT2D eigenvalue weighted by molar-refractivity contribution is 0.772. The first-order chi connectivity index (χ1) is 3.83. The van der Waals surface area contributed by atoms with Gasteiger partial charge in [-0.2, -0.15) is 11.8 Å². The topological polar surface area (TPSA) is 0 Å². The lowest BCUT2D eigenvalue weighted by atomic mass is 10.3. The molecule has 52 valence electrons. The van der Waals surface area contributed by atoms with E-state index in [4.69, 9.17) is 0 Å². The highest BCUT2D eigenvalue weighted by atomic mass is 32.2. The van der Waals surface area contributed by atoms with Gasteiger partial charge in [-0.05, 0) is 12.5 Å². The average molecular weight is 134 g/mol. The predicted octanol–water partition coefficient (Wildman–Crippen LogP) is 3.18. The Bertz CT molecular complexity index is 18.3. The van der Waals surface area contributed by atoms with Crippen LogP contribution in [-0.4, -0.2) is 12.5 Å². The van der Waals surface area contributed by atoms with Crippen LogP contribution in [0.25, 0.3) is 0 Å². The molecule has 0 rings (SSSR count). The quantitative estimate of drug-likeness (QED) is 0.559. The van der Waals surface area contributed by atoms with Gasteiger partial charge in [0.05, 0.1) is 0 Å². The molecule has 0 aromatic rings. The van der Waals surface area contributed by atoms with Crippen LogP contribution in [0.15, 0.2) is 0 Å². The molecule has 0 aromatic carbocycles. The molecule has 0 bridgehead atoms. The Balaban J connectivity index is 0. The zero-order chi connectivity index (χ0) is 6.83. The lowest BCUT2D eigenvalue weighted by Gasteiger charge is -1.79. The molecule has 0 amide bonds. The Morgan fingerprint density at radius 2 is 1.25 bits per heavy atom. The maximum Gasteiger partial charge on any atom is -0.0187 e. The maximum absolute atomic E-state index is 2.21. The van der Waals surface area contributed by atoms with Crippen molar-refractivity contribution >= 4 is 11.8 Å². The molecule has 0 N–H and O–H groups in total. The third-order valence-electron chi connectivity index (χ3n) is 0.707.